The lowest BCUT2D eigenvalue weighted by Gasteiger charge is -2.01. The summed E-state index contributed by atoms with van der Waals surface area (Å²) in [4.78, 5) is 4.70. The number of nitrogens with one attached hydrogen (secondary N) is 1. The molecule has 0 bridgehead atoms. The van der Waals surface area contributed by atoms with Crippen LogP contribution in [0.1, 0.15) is 0 Å². The molecule has 3 aromatic heterocycles. The van der Waals surface area contributed by atoms with E-state index in [2.05, 4.69) is 21.2 Å². The number of hydrogen-bond donors (Lipinski definition) is 1. The fourth-order valence-corrected chi connectivity index (χ4v) is 3.02. The highest BCUT2D eigenvalue weighted by molar-refractivity contribution is 9.10. The van der Waals surface area contributed by atoms with Crippen LogP contribution in [0.2, 0.25) is 0 Å². The molecule has 0 atom stereocenters. The number of fused-ring (bicyclic) bond motifs is 2. The molecule has 0 radical (unpaired) electrons. The molecule has 23 heavy (non-hydrogen) atoms. The molecule has 0 aliphatic carbocycles. The third-order valence-corrected chi connectivity index (χ3v) is 4.28. The van der Waals surface area contributed by atoms with Gasteiger partial charge < -0.3 is 14.5 Å². The molecule has 0 amide bonds. The molecule has 0 aliphatic heterocycles. The number of benzene rings is 1. The smallest absolute Gasteiger partial charge is 0.157 e. The second-order valence-corrected chi connectivity index (χ2v) is 6.06. The topological polar surface area (TPSA) is 51.7 Å². The van der Waals surface area contributed by atoms with E-state index in [0.717, 1.165) is 44.1 Å². The van der Waals surface area contributed by atoms with Gasteiger partial charge in [-0.3, -0.25) is 4.40 Å². The van der Waals surface area contributed by atoms with Crippen molar-refractivity contribution in [1.82, 2.24) is 9.38 Å². The number of imidazole rings is 1. The van der Waals surface area contributed by atoms with Crippen LogP contribution in [0.3, 0.4) is 0 Å². The number of furan rings is 1. The predicted molar refractivity (Wildman–Crippen MR) is 94.2 cm³/mol. The third-order valence-electron chi connectivity index (χ3n) is 3.78. The molecule has 1 N–H and O–H groups in total. The van der Waals surface area contributed by atoms with E-state index in [1.165, 1.54) is 0 Å². The van der Waals surface area contributed by atoms with Crippen LogP contribution in [-0.2, 0) is 0 Å². The van der Waals surface area contributed by atoms with Gasteiger partial charge in [0.1, 0.15) is 28.5 Å². The second kappa shape index (κ2) is 5.31. The molecule has 4 rings (SSSR count). The molecule has 0 unspecified atom stereocenters. The summed E-state index contributed by atoms with van der Waals surface area (Å²) in [6, 6.07) is 11.7. The van der Waals surface area contributed by atoms with Gasteiger partial charge in [0, 0.05) is 23.1 Å². The Morgan fingerprint density at radius 3 is 2.87 bits per heavy atom. The molecule has 0 saturated carbocycles. The molecular formula is C17H14BrN3O2. The lowest BCUT2D eigenvalue weighted by atomic mass is 10.2. The molecule has 4 aromatic rings. The van der Waals surface area contributed by atoms with Crippen LogP contribution >= 0.6 is 15.9 Å². The van der Waals surface area contributed by atoms with Crippen molar-refractivity contribution in [2.75, 3.05) is 19.5 Å². The van der Waals surface area contributed by atoms with E-state index in [-0.39, 0.29) is 0 Å². The SMILES string of the molecule is CNc1c(-c2cc3cc(OC)ccc3o2)nc2cc(Br)ccn12. The van der Waals surface area contributed by atoms with Crippen LogP contribution < -0.4 is 10.1 Å². The predicted octanol–water partition coefficient (Wildman–Crippen LogP) is 4.56. The maximum absolute atomic E-state index is 5.97. The highest BCUT2D eigenvalue weighted by Gasteiger charge is 2.17. The molecule has 6 heteroatoms. The fourth-order valence-electron chi connectivity index (χ4n) is 2.70. The first kappa shape index (κ1) is 14.1. The van der Waals surface area contributed by atoms with Gasteiger partial charge in [-0.2, -0.15) is 0 Å². The lowest BCUT2D eigenvalue weighted by molar-refractivity contribution is 0.415. The number of ether oxygens (including phenoxy) is 1. The van der Waals surface area contributed by atoms with Gasteiger partial charge in [-0.1, -0.05) is 15.9 Å². The number of halogens is 1. The van der Waals surface area contributed by atoms with Gasteiger partial charge in [-0.25, -0.2) is 4.98 Å². The van der Waals surface area contributed by atoms with Crippen molar-refractivity contribution in [1.29, 1.82) is 0 Å². The third kappa shape index (κ3) is 2.26. The zero-order valence-corrected chi connectivity index (χ0v) is 14.2. The second-order valence-electron chi connectivity index (χ2n) is 5.15. The van der Waals surface area contributed by atoms with Crippen LogP contribution in [0.25, 0.3) is 28.1 Å². The average molecular weight is 372 g/mol. The summed E-state index contributed by atoms with van der Waals surface area (Å²) in [6.07, 6.45) is 1.97. The van der Waals surface area contributed by atoms with Gasteiger partial charge in [0.2, 0.25) is 0 Å². The number of methoxy groups -OCH3 is 1. The molecule has 0 fully saturated rings. The summed E-state index contributed by atoms with van der Waals surface area (Å²) in [5, 5.41) is 4.19. The van der Waals surface area contributed by atoms with E-state index in [4.69, 9.17) is 14.1 Å². The first-order chi connectivity index (χ1) is 11.2. The summed E-state index contributed by atoms with van der Waals surface area (Å²) < 4.78 is 14.2. The van der Waals surface area contributed by atoms with Gasteiger partial charge in [-0.05, 0) is 36.4 Å². The van der Waals surface area contributed by atoms with Gasteiger partial charge in [-0.15, -0.1) is 0 Å². The van der Waals surface area contributed by atoms with Crippen LogP contribution in [0.5, 0.6) is 5.75 Å². The van der Waals surface area contributed by atoms with E-state index >= 15 is 0 Å². The highest BCUT2D eigenvalue weighted by Crippen LogP contribution is 2.34. The molecule has 0 saturated heterocycles. The van der Waals surface area contributed by atoms with Gasteiger partial charge in [0.25, 0.3) is 0 Å². The lowest BCUT2D eigenvalue weighted by Crippen LogP contribution is -1.95. The molecule has 3 heterocycles. The van der Waals surface area contributed by atoms with Crippen LogP contribution in [0.4, 0.5) is 5.82 Å². The van der Waals surface area contributed by atoms with Crippen molar-refractivity contribution >= 4 is 38.4 Å². The van der Waals surface area contributed by atoms with Crippen LogP contribution in [0, 0.1) is 0 Å². The highest BCUT2D eigenvalue weighted by atomic mass is 79.9. The zero-order valence-electron chi connectivity index (χ0n) is 12.6. The summed E-state index contributed by atoms with van der Waals surface area (Å²) in [5.74, 6) is 2.41. The fraction of sp³-hybridized carbons (Fsp3) is 0.118. The molecule has 116 valence electrons. The average Bonchev–Trinajstić information content (AvgIpc) is 3.13. The Kier molecular flexibility index (Phi) is 3.27. The molecule has 0 aliphatic rings. The maximum Gasteiger partial charge on any atom is 0.157 e. The Bertz CT molecular complexity index is 1020. The number of aromatic nitrogens is 2. The minimum atomic E-state index is 0.720. The van der Waals surface area contributed by atoms with Gasteiger partial charge in [0.05, 0.1) is 7.11 Å². The number of anilines is 1. The standard InChI is InChI=1S/C17H14BrN3O2/c1-19-17-16(20-15-9-11(18)5-6-21(15)17)14-8-10-7-12(22-2)3-4-13(10)23-14/h3-9,19H,1-2H3. The van der Waals surface area contributed by atoms with Gasteiger partial charge in [0.15, 0.2) is 5.76 Å². The van der Waals surface area contributed by atoms with E-state index in [1.54, 1.807) is 7.11 Å². The summed E-state index contributed by atoms with van der Waals surface area (Å²) in [6.45, 7) is 0. The largest absolute Gasteiger partial charge is 0.497 e. The van der Waals surface area contributed by atoms with Crippen molar-refractivity contribution in [3.63, 3.8) is 0 Å². The molecular weight excluding hydrogens is 358 g/mol. The molecule has 0 spiro atoms. The van der Waals surface area contributed by atoms with E-state index in [9.17, 15) is 0 Å². The van der Waals surface area contributed by atoms with Crippen molar-refractivity contribution in [2.24, 2.45) is 0 Å². The van der Waals surface area contributed by atoms with Gasteiger partial charge >= 0.3 is 0 Å². The summed E-state index contributed by atoms with van der Waals surface area (Å²) in [5.41, 5.74) is 2.43. The maximum atomic E-state index is 5.97. The minimum absolute atomic E-state index is 0.720. The summed E-state index contributed by atoms with van der Waals surface area (Å²) >= 11 is 3.48. The Balaban J connectivity index is 1.94. The Hall–Kier alpha value is -2.47. The number of rotatable bonds is 3. The van der Waals surface area contributed by atoms with Crippen molar-refractivity contribution < 1.29 is 9.15 Å². The first-order valence-corrected chi connectivity index (χ1v) is 7.92. The molecule has 1 aromatic carbocycles. The monoisotopic (exact) mass is 371 g/mol. The zero-order chi connectivity index (χ0) is 16.0. The number of hydrogen-bond acceptors (Lipinski definition) is 4. The first-order valence-electron chi connectivity index (χ1n) is 7.13. The van der Waals surface area contributed by atoms with E-state index in [0.29, 0.717) is 0 Å². The summed E-state index contributed by atoms with van der Waals surface area (Å²) in [7, 11) is 3.53. The van der Waals surface area contributed by atoms with Crippen LogP contribution in [-0.4, -0.2) is 23.5 Å². The van der Waals surface area contributed by atoms with Crippen molar-refractivity contribution in [3.05, 3.63) is 47.1 Å². The Labute approximate surface area is 141 Å². The van der Waals surface area contributed by atoms with E-state index < -0.39 is 0 Å². The van der Waals surface area contributed by atoms with E-state index in [1.807, 2.05) is 54.0 Å². The molecule has 5 nitrogen and oxygen atoms in total. The van der Waals surface area contributed by atoms with Crippen molar-refractivity contribution in [2.45, 2.75) is 0 Å². The quantitative estimate of drug-likeness (QED) is 0.573. The van der Waals surface area contributed by atoms with Crippen LogP contribution in [0.15, 0.2) is 51.5 Å². The number of pyridine rings is 1. The van der Waals surface area contributed by atoms with Crippen molar-refractivity contribution in [3.8, 4) is 17.2 Å². The number of nitrogens with zero attached hydrogens (tertiary/aromatic N) is 2. The Morgan fingerprint density at radius 2 is 2.09 bits per heavy atom. The normalized spacial score (nSPS) is 11.3. The minimum Gasteiger partial charge on any atom is -0.497 e. The Morgan fingerprint density at radius 1 is 1.22 bits per heavy atom.